The number of nitrogens with zero attached hydrogens (tertiary/aromatic N) is 3. The molecule has 2 heterocycles. The highest BCUT2D eigenvalue weighted by atomic mass is 79.9. The zero-order chi connectivity index (χ0) is 21.4. The van der Waals surface area contributed by atoms with Crippen LogP contribution in [0.3, 0.4) is 0 Å². The Kier molecular flexibility index (Phi) is 5.30. The third-order valence-electron chi connectivity index (χ3n) is 5.28. The van der Waals surface area contributed by atoms with Gasteiger partial charge in [-0.1, -0.05) is 34.1 Å². The van der Waals surface area contributed by atoms with Gasteiger partial charge in [-0.2, -0.15) is 9.78 Å². The summed E-state index contributed by atoms with van der Waals surface area (Å²) < 4.78 is 4.25. The van der Waals surface area contributed by atoms with E-state index in [0.29, 0.717) is 11.1 Å². The van der Waals surface area contributed by atoms with E-state index in [2.05, 4.69) is 26.3 Å². The number of halogens is 1. The first-order chi connectivity index (χ1) is 14.4. The number of hydrogen-bond acceptors (Lipinski definition) is 3. The number of aromatic nitrogens is 3. The Morgan fingerprint density at radius 1 is 1.07 bits per heavy atom. The molecular weight excluding hydrogens is 444 g/mol. The normalized spacial score (nSPS) is 11.1. The maximum atomic E-state index is 13.1. The van der Waals surface area contributed by atoms with Gasteiger partial charge >= 0.3 is 0 Å². The van der Waals surface area contributed by atoms with Crippen molar-refractivity contribution in [2.75, 3.05) is 5.32 Å². The monoisotopic (exact) mass is 464 g/mol. The third-order valence-corrected chi connectivity index (χ3v) is 6.17. The topological polar surface area (TPSA) is 68.9 Å². The molecule has 2 aromatic heterocycles. The molecule has 0 saturated heterocycles. The fourth-order valence-electron chi connectivity index (χ4n) is 3.67. The number of fused-ring (bicyclic) bond motifs is 1. The van der Waals surface area contributed by atoms with Crippen LogP contribution in [-0.2, 0) is 11.3 Å². The number of amides is 1. The fraction of sp³-hybridized carbons (Fsp3) is 0.174. The molecule has 0 aliphatic carbocycles. The van der Waals surface area contributed by atoms with Gasteiger partial charge in [0.2, 0.25) is 5.91 Å². The van der Waals surface area contributed by atoms with Gasteiger partial charge < -0.3 is 9.88 Å². The van der Waals surface area contributed by atoms with Gasteiger partial charge in [-0.05, 0) is 56.7 Å². The van der Waals surface area contributed by atoms with E-state index < -0.39 is 0 Å². The Balaban J connectivity index is 1.69. The predicted octanol–water partition coefficient (Wildman–Crippen LogP) is 4.51. The highest BCUT2D eigenvalue weighted by molar-refractivity contribution is 9.10. The minimum atomic E-state index is -0.193. The summed E-state index contributed by atoms with van der Waals surface area (Å²) in [6, 6.07) is 15.0. The molecule has 0 aliphatic rings. The van der Waals surface area contributed by atoms with Gasteiger partial charge in [0, 0.05) is 26.9 Å². The van der Waals surface area contributed by atoms with Crippen molar-refractivity contribution >= 4 is 38.3 Å². The molecule has 0 spiro atoms. The second kappa shape index (κ2) is 7.91. The van der Waals surface area contributed by atoms with E-state index in [1.54, 1.807) is 6.20 Å². The average Bonchev–Trinajstić information content (AvgIpc) is 2.97. The van der Waals surface area contributed by atoms with Gasteiger partial charge in [0.25, 0.3) is 5.56 Å². The number of nitrogens with one attached hydrogen (secondary N) is 1. The molecule has 4 rings (SSSR count). The molecule has 30 heavy (non-hydrogen) atoms. The van der Waals surface area contributed by atoms with Crippen molar-refractivity contribution in [2.45, 2.75) is 27.3 Å². The molecule has 0 atom stereocenters. The van der Waals surface area contributed by atoms with Gasteiger partial charge in [0.1, 0.15) is 6.54 Å². The van der Waals surface area contributed by atoms with Crippen LogP contribution in [0.25, 0.3) is 16.5 Å². The lowest BCUT2D eigenvalue weighted by molar-refractivity contribution is -0.116. The summed E-state index contributed by atoms with van der Waals surface area (Å²) in [6.45, 7) is 5.85. The number of carbonyl (C=O) groups is 1. The van der Waals surface area contributed by atoms with Crippen LogP contribution >= 0.6 is 15.9 Å². The van der Waals surface area contributed by atoms with Gasteiger partial charge in [-0.3, -0.25) is 9.59 Å². The quantitative estimate of drug-likeness (QED) is 0.482. The molecule has 0 radical (unpaired) electrons. The van der Waals surface area contributed by atoms with Crippen LogP contribution in [0.2, 0.25) is 0 Å². The lowest BCUT2D eigenvalue weighted by Crippen LogP contribution is -2.22. The van der Waals surface area contributed by atoms with Crippen molar-refractivity contribution in [2.24, 2.45) is 0 Å². The summed E-state index contributed by atoms with van der Waals surface area (Å²) >= 11 is 3.46. The van der Waals surface area contributed by atoms with Crippen LogP contribution in [0.15, 0.2) is 64.0 Å². The highest BCUT2D eigenvalue weighted by Crippen LogP contribution is 2.23. The Hall–Kier alpha value is -3.19. The van der Waals surface area contributed by atoms with Gasteiger partial charge in [-0.25, -0.2) is 0 Å². The SMILES string of the molecule is Cc1cc(NC(=O)Cn2c(C)c3cnn(-c4ccccc4)c(=O)c3c2C)ccc1Br. The van der Waals surface area contributed by atoms with Gasteiger partial charge in [-0.15, -0.1) is 0 Å². The Labute approximate surface area is 182 Å². The third kappa shape index (κ3) is 3.57. The summed E-state index contributed by atoms with van der Waals surface area (Å²) in [5, 5.41) is 8.62. The smallest absolute Gasteiger partial charge is 0.281 e. The molecular formula is C23H21BrN4O2. The van der Waals surface area contributed by atoms with Gasteiger partial charge in [0.05, 0.1) is 17.3 Å². The first-order valence-corrected chi connectivity index (χ1v) is 10.4. The fourth-order valence-corrected chi connectivity index (χ4v) is 3.91. The highest BCUT2D eigenvalue weighted by Gasteiger charge is 2.18. The largest absolute Gasteiger partial charge is 0.338 e. The molecule has 0 bridgehead atoms. The number of hydrogen-bond donors (Lipinski definition) is 1. The van der Waals surface area contributed by atoms with Gasteiger partial charge in [0.15, 0.2) is 0 Å². The lowest BCUT2D eigenvalue weighted by Gasteiger charge is -2.11. The number of aryl methyl sites for hydroxylation is 3. The second-order valence-corrected chi connectivity index (χ2v) is 8.11. The Bertz CT molecular complexity index is 1320. The summed E-state index contributed by atoms with van der Waals surface area (Å²) in [5.41, 5.74) is 3.89. The van der Waals surface area contributed by atoms with Crippen LogP contribution < -0.4 is 10.9 Å². The predicted molar refractivity (Wildman–Crippen MR) is 122 cm³/mol. The standard InChI is InChI=1S/C23H21BrN4O2/c1-14-11-17(9-10-20(14)24)26-21(29)13-27-15(2)19-12-25-28(18-7-5-4-6-8-18)23(30)22(19)16(27)3/h4-12H,13H2,1-3H3,(H,26,29). The summed E-state index contributed by atoms with van der Waals surface area (Å²) in [7, 11) is 0. The van der Waals surface area contributed by atoms with Crippen molar-refractivity contribution in [3.63, 3.8) is 0 Å². The summed E-state index contributed by atoms with van der Waals surface area (Å²) in [4.78, 5) is 25.8. The Morgan fingerprint density at radius 3 is 2.50 bits per heavy atom. The minimum Gasteiger partial charge on any atom is -0.338 e. The minimum absolute atomic E-state index is 0.117. The van der Waals surface area contributed by atoms with E-state index in [0.717, 1.165) is 32.5 Å². The Morgan fingerprint density at radius 2 is 1.80 bits per heavy atom. The van der Waals surface area contributed by atoms with E-state index in [-0.39, 0.29) is 18.0 Å². The molecule has 0 fully saturated rings. The van der Waals surface area contributed by atoms with Crippen LogP contribution in [0.1, 0.15) is 17.0 Å². The number of carbonyl (C=O) groups excluding carboxylic acids is 1. The van der Waals surface area contributed by atoms with Crippen molar-refractivity contribution in [1.29, 1.82) is 0 Å². The summed E-state index contributed by atoms with van der Waals surface area (Å²) in [6.07, 6.45) is 1.69. The van der Waals surface area contributed by atoms with E-state index in [1.165, 1.54) is 4.68 Å². The molecule has 0 unspecified atom stereocenters. The van der Waals surface area contributed by atoms with E-state index in [9.17, 15) is 9.59 Å². The second-order valence-electron chi connectivity index (χ2n) is 7.25. The molecule has 0 aliphatic heterocycles. The van der Waals surface area contributed by atoms with Crippen LogP contribution in [0.4, 0.5) is 5.69 Å². The van der Waals surface area contributed by atoms with E-state index in [1.807, 2.05) is 73.9 Å². The molecule has 2 aromatic carbocycles. The van der Waals surface area contributed by atoms with Crippen LogP contribution in [0.5, 0.6) is 0 Å². The zero-order valence-corrected chi connectivity index (χ0v) is 18.5. The van der Waals surface area contributed by atoms with Crippen LogP contribution in [0, 0.1) is 20.8 Å². The summed E-state index contributed by atoms with van der Waals surface area (Å²) in [5.74, 6) is -0.153. The van der Waals surface area contributed by atoms with Crippen molar-refractivity contribution in [1.82, 2.24) is 14.3 Å². The average molecular weight is 465 g/mol. The van der Waals surface area contributed by atoms with Crippen molar-refractivity contribution < 1.29 is 4.79 Å². The maximum absolute atomic E-state index is 13.1. The molecule has 152 valence electrons. The number of benzene rings is 2. The zero-order valence-electron chi connectivity index (χ0n) is 16.9. The number of anilines is 1. The molecule has 0 saturated carbocycles. The maximum Gasteiger partial charge on any atom is 0.281 e. The van der Waals surface area contributed by atoms with E-state index >= 15 is 0 Å². The molecule has 7 heteroatoms. The molecule has 1 N–H and O–H groups in total. The number of para-hydroxylation sites is 1. The first-order valence-electron chi connectivity index (χ1n) is 9.56. The molecule has 4 aromatic rings. The van der Waals surface area contributed by atoms with Crippen molar-refractivity contribution in [3.8, 4) is 5.69 Å². The van der Waals surface area contributed by atoms with E-state index in [4.69, 9.17) is 0 Å². The van der Waals surface area contributed by atoms with Crippen molar-refractivity contribution in [3.05, 3.63) is 86.5 Å². The lowest BCUT2D eigenvalue weighted by atomic mass is 10.2. The first kappa shape index (κ1) is 20.1. The molecule has 1 amide bonds. The number of rotatable bonds is 4. The molecule has 6 nitrogen and oxygen atoms in total. The van der Waals surface area contributed by atoms with Crippen LogP contribution in [-0.4, -0.2) is 20.3 Å².